The van der Waals surface area contributed by atoms with E-state index in [9.17, 15) is 0 Å². The summed E-state index contributed by atoms with van der Waals surface area (Å²) in [4.78, 5) is 0. The van der Waals surface area contributed by atoms with Gasteiger partial charge in [0, 0.05) is 0 Å². The Kier molecular flexibility index (Phi) is 8.58. The van der Waals surface area contributed by atoms with Gasteiger partial charge in [0.1, 0.15) is 0 Å². The van der Waals surface area contributed by atoms with E-state index >= 15 is 0 Å². The maximum Gasteiger partial charge on any atom is -0.0184 e. The Bertz CT molecular complexity index is 705. The monoisotopic (exact) mass is 360 g/mol. The van der Waals surface area contributed by atoms with Gasteiger partial charge in [-0.3, -0.25) is 0 Å². The third-order valence-corrected chi connectivity index (χ3v) is 5.52. The molecule has 0 heteroatoms. The van der Waals surface area contributed by atoms with Gasteiger partial charge in [0.15, 0.2) is 0 Å². The molecule has 2 unspecified atom stereocenters. The van der Waals surface area contributed by atoms with Crippen molar-refractivity contribution in [2.24, 2.45) is 11.8 Å². The fraction of sp³-hybridized carbons (Fsp3) is 0.407. The standard InChI is InChI=1S/C27H36/c1-6-10-22(4)23(5)19-25(14-13-21(2)3)20-24-15-17-27(18-16-24)26-11-8-7-9-12-26/h7-9,11-12,15-18,23,25H,2,4,6,10,13-14,19-20H2,1,3,5H3. The minimum atomic E-state index is 0.601. The lowest BCUT2D eigenvalue weighted by Crippen LogP contribution is -2.11. The molecule has 0 N–H and O–H groups in total. The molecule has 0 radical (unpaired) electrons. The summed E-state index contributed by atoms with van der Waals surface area (Å²) in [6.45, 7) is 15.2. The molecule has 0 bridgehead atoms. The number of hydrogen-bond acceptors (Lipinski definition) is 0. The molecular weight excluding hydrogens is 324 g/mol. The molecule has 0 aliphatic heterocycles. The van der Waals surface area contributed by atoms with Gasteiger partial charge in [-0.15, -0.1) is 6.58 Å². The van der Waals surface area contributed by atoms with Gasteiger partial charge < -0.3 is 0 Å². The number of allylic oxidation sites excluding steroid dienone is 2. The molecule has 0 fully saturated rings. The molecule has 0 saturated heterocycles. The van der Waals surface area contributed by atoms with Crippen molar-refractivity contribution in [3.8, 4) is 11.1 Å². The largest absolute Gasteiger partial charge is 0.100 e. The van der Waals surface area contributed by atoms with Crippen LogP contribution in [0.3, 0.4) is 0 Å². The van der Waals surface area contributed by atoms with Crippen LogP contribution in [0.4, 0.5) is 0 Å². The van der Waals surface area contributed by atoms with Gasteiger partial charge in [0.2, 0.25) is 0 Å². The molecule has 0 aliphatic carbocycles. The third-order valence-electron chi connectivity index (χ3n) is 5.52. The molecule has 2 atom stereocenters. The van der Waals surface area contributed by atoms with Crippen molar-refractivity contribution < 1.29 is 0 Å². The van der Waals surface area contributed by atoms with Crippen LogP contribution in [-0.2, 0) is 6.42 Å². The highest BCUT2D eigenvalue weighted by Crippen LogP contribution is 2.29. The number of benzene rings is 2. The Morgan fingerprint density at radius 1 is 0.889 bits per heavy atom. The van der Waals surface area contributed by atoms with Crippen LogP contribution in [-0.4, -0.2) is 0 Å². The zero-order chi connectivity index (χ0) is 19.6. The second-order valence-corrected chi connectivity index (χ2v) is 8.17. The average Bonchev–Trinajstić information content (AvgIpc) is 2.67. The van der Waals surface area contributed by atoms with Crippen LogP contribution in [0.25, 0.3) is 11.1 Å². The molecule has 2 aromatic carbocycles. The molecule has 0 aromatic heterocycles. The molecule has 144 valence electrons. The highest BCUT2D eigenvalue weighted by molar-refractivity contribution is 5.63. The second-order valence-electron chi connectivity index (χ2n) is 8.17. The van der Waals surface area contributed by atoms with E-state index in [1.165, 1.54) is 47.1 Å². The number of rotatable bonds is 11. The molecule has 27 heavy (non-hydrogen) atoms. The summed E-state index contributed by atoms with van der Waals surface area (Å²) >= 11 is 0. The van der Waals surface area contributed by atoms with E-state index in [0.29, 0.717) is 11.8 Å². The van der Waals surface area contributed by atoms with Crippen molar-refractivity contribution in [2.45, 2.75) is 59.3 Å². The first-order valence-corrected chi connectivity index (χ1v) is 10.5. The second kappa shape index (κ2) is 10.9. The molecule has 0 heterocycles. The summed E-state index contributed by atoms with van der Waals surface area (Å²) in [6.07, 6.45) is 7.07. The Morgan fingerprint density at radius 3 is 2.11 bits per heavy atom. The highest BCUT2D eigenvalue weighted by atomic mass is 14.2. The topological polar surface area (TPSA) is 0 Å². The van der Waals surface area contributed by atoms with E-state index in [1.54, 1.807) is 0 Å². The van der Waals surface area contributed by atoms with Crippen molar-refractivity contribution in [1.82, 2.24) is 0 Å². The molecule has 0 spiro atoms. The van der Waals surface area contributed by atoms with Crippen molar-refractivity contribution in [3.63, 3.8) is 0 Å². The smallest absolute Gasteiger partial charge is 0.0184 e. The maximum absolute atomic E-state index is 4.33. The van der Waals surface area contributed by atoms with Gasteiger partial charge >= 0.3 is 0 Å². The van der Waals surface area contributed by atoms with Crippen LogP contribution in [0.5, 0.6) is 0 Å². The number of hydrogen-bond donors (Lipinski definition) is 0. The van der Waals surface area contributed by atoms with E-state index in [1.807, 2.05) is 0 Å². The summed E-state index contributed by atoms with van der Waals surface area (Å²) in [5, 5.41) is 0. The molecular formula is C27H36. The Balaban J connectivity index is 2.04. The lowest BCUT2D eigenvalue weighted by atomic mass is 9.82. The summed E-state index contributed by atoms with van der Waals surface area (Å²) in [5.74, 6) is 1.29. The molecule has 0 aliphatic rings. The van der Waals surface area contributed by atoms with Crippen LogP contribution in [0.2, 0.25) is 0 Å². The van der Waals surface area contributed by atoms with Crippen LogP contribution < -0.4 is 0 Å². The summed E-state index contributed by atoms with van der Waals surface area (Å²) < 4.78 is 0. The van der Waals surface area contributed by atoms with Crippen LogP contribution in [0.15, 0.2) is 78.9 Å². The van der Waals surface area contributed by atoms with Gasteiger partial charge in [-0.1, -0.05) is 92.6 Å². The zero-order valence-electron chi connectivity index (χ0n) is 17.5. The van der Waals surface area contributed by atoms with E-state index in [0.717, 1.165) is 19.3 Å². The van der Waals surface area contributed by atoms with Gasteiger partial charge in [0.05, 0.1) is 0 Å². The van der Waals surface area contributed by atoms with Crippen molar-refractivity contribution in [3.05, 3.63) is 84.5 Å². The van der Waals surface area contributed by atoms with E-state index < -0.39 is 0 Å². The van der Waals surface area contributed by atoms with Gasteiger partial charge in [-0.25, -0.2) is 0 Å². The summed E-state index contributed by atoms with van der Waals surface area (Å²) in [6, 6.07) is 19.8. The fourth-order valence-corrected chi connectivity index (χ4v) is 3.79. The molecule has 2 rings (SSSR count). The first-order chi connectivity index (χ1) is 13.0. The maximum atomic E-state index is 4.33. The Labute approximate surface area is 167 Å². The van der Waals surface area contributed by atoms with Gasteiger partial charge in [-0.2, -0.15) is 0 Å². The predicted molar refractivity (Wildman–Crippen MR) is 121 cm³/mol. The molecule has 2 aromatic rings. The minimum absolute atomic E-state index is 0.601. The molecule has 0 nitrogen and oxygen atoms in total. The van der Waals surface area contributed by atoms with Crippen molar-refractivity contribution in [2.75, 3.05) is 0 Å². The van der Waals surface area contributed by atoms with Crippen molar-refractivity contribution in [1.29, 1.82) is 0 Å². The van der Waals surface area contributed by atoms with Crippen molar-refractivity contribution >= 4 is 0 Å². The van der Waals surface area contributed by atoms with Gasteiger partial charge in [0.25, 0.3) is 0 Å². The SMILES string of the molecule is C=C(C)CCC(Cc1ccc(-c2ccccc2)cc1)CC(C)C(=C)CCC. The average molecular weight is 361 g/mol. The quantitative estimate of drug-likeness (QED) is 0.354. The summed E-state index contributed by atoms with van der Waals surface area (Å²) in [5.41, 5.74) is 6.72. The van der Waals surface area contributed by atoms with E-state index in [-0.39, 0.29) is 0 Å². The molecule has 0 saturated carbocycles. The van der Waals surface area contributed by atoms with Crippen LogP contribution >= 0.6 is 0 Å². The van der Waals surface area contributed by atoms with E-state index in [4.69, 9.17) is 0 Å². The highest BCUT2D eigenvalue weighted by Gasteiger charge is 2.16. The lowest BCUT2D eigenvalue weighted by Gasteiger charge is -2.23. The lowest BCUT2D eigenvalue weighted by molar-refractivity contribution is 0.390. The third kappa shape index (κ3) is 7.21. The van der Waals surface area contributed by atoms with Crippen LogP contribution in [0, 0.1) is 11.8 Å². The summed E-state index contributed by atoms with van der Waals surface area (Å²) in [7, 11) is 0. The Morgan fingerprint density at radius 2 is 1.52 bits per heavy atom. The molecule has 0 amide bonds. The fourth-order valence-electron chi connectivity index (χ4n) is 3.79. The minimum Gasteiger partial charge on any atom is -0.100 e. The first-order valence-electron chi connectivity index (χ1n) is 10.5. The normalized spacial score (nSPS) is 13.1. The van der Waals surface area contributed by atoms with Crippen LogP contribution in [0.1, 0.15) is 58.4 Å². The van der Waals surface area contributed by atoms with E-state index in [2.05, 4.69) is 88.5 Å². The first kappa shape index (κ1) is 21.2. The van der Waals surface area contributed by atoms with Gasteiger partial charge in [-0.05, 0) is 67.6 Å². The Hall–Kier alpha value is -2.08. The zero-order valence-corrected chi connectivity index (χ0v) is 17.5. The predicted octanol–water partition coefficient (Wildman–Crippen LogP) is 8.25.